The molecule has 0 saturated heterocycles. The second-order valence-electron chi connectivity index (χ2n) is 5.54. The van der Waals surface area contributed by atoms with Gasteiger partial charge >= 0.3 is 0 Å². The van der Waals surface area contributed by atoms with Gasteiger partial charge in [-0.15, -0.1) is 0 Å². The average molecular weight is 280 g/mol. The Balaban J connectivity index is 2.65. The maximum absolute atomic E-state index is 5.75. The predicted octanol–water partition coefficient (Wildman–Crippen LogP) is 2.75. The van der Waals surface area contributed by atoms with Gasteiger partial charge < -0.3 is 15.0 Å². The summed E-state index contributed by atoms with van der Waals surface area (Å²) in [4.78, 5) is 11.1. The van der Waals surface area contributed by atoms with Crippen molar-refractivity contribution in [3.05, 3.63) is 11.9 Å². The first-order chi connectivity index (χ1) is 9.52. The zero-order valence-corrected chi connectivity index (χ0v) is 13.4. The van der Waals surface area contributed by atoms with Crippen LogP contribution in [0.25, 0.3) is 0 Å². The Morgan fingerprint density at radius 1 is 1.30 bits per heavy atom. The molecule has 0 amide bonds. The summed E-state index contributed by atoms with van der Waals surface area (Å²) < 4.78 is 5.75. The highest BCUT2D eigenvalue weighted by molar-refractivity contribution is 5.38. The van der Waals surface area contributed by atoms with Crippen LogP contribution in [0.15, 0.2) is 6.07 Å². The lowest BCUT2D eigenvalue weighted by atomic mass is 10.2. The van der Waals surface area contributed by atoms with Gasteiger partial charge in [0.25, 0.3) is 0 Å². The van der Waals surface area contributed by atoms with Gasteiger partial charge in [-0.2, -0.15) is 4.98 Å². The summed E-state index contributed by atoms with van der Waals surface area (Å²) >= 11 is 0. The molecular formula is C15H28N4O. The van der Waals surface area contributed by atoms with Crippen LogP contribution in [-0.4, -0.2) is 48.7 Å². The molecule has 0 fully saturated rings. The van der Waals surface area contributed by atoms with Crippen LogP contribution in [0.5, 0.6) is 5.88 Å². The zero-order valence-electron chi connectivity index (χ0n) is 13.4. The fourth-order valence-corrected chi connectivity index (χ4v) is 1.68. The molecule has 0 aliphatic carbocycles. The van der Waals surface area contributed by atoms with Gasteiger partial charge in [0, 0.05) is 25.1 Å². The molecule has 0 aromatic carbocycles. The van der Waals surface area contributed by atoms with Crippen LogP contribution in [0.4, 0.5) is 5.82 Å². The van der Waals surface area contributed by atoms with Crippen molar-refractivity contribution in [3.8, 4) is 5.88 Å². The van der Waals surface area contributed by atoms with Gasteiger partial charge in [0.15, 0.2) is 0 Å². The lowest BCUT2D eigenvalue weighted by Gasteiger charge is -2.13. The molecule has 1 N–H and O–H groups in total. The zero-order chi connectivity index (χ0) is 15.0. The Bertz CT molecular complexity index is 393. The predicted molar refractivity (Wildman–Crippen MR) is 83.6 cm³/mol. The number of anilines is 1. The summed E-state index contributed by atoms with van der Waals surface area (Å²) in [6.45, 7) is 8.93. The van der Waals surface area contributed by atoms with Crippen molar-refractivity contribution in [1.82, 2.24) is 14.9 Å². The van der Waals surface area contributed by atoms with Gasteiger partial charge in [0.05, 0.1) is 6.61 Å². The molecule has 0 radical (unpaired) electrons. The molecule has 1 heterocycles. The van der Waals surface area contributed by atoms with E-state index in [2.05, 4.69) is 55.1 Å². The molecule has 114 valence electrons. The first-order valence-electron chi connectivity index (χ1n) is 7.43. The van der Waals surface area contributed by atoms with Gasteiger partial charge in [-0.3, -0.25) is 0 Å². The number of ether oxygens (including phenoxy) is 1. The van der Waals surface area contributed by atoms with E-state index < -0.39 is 0 Å². The van der Waals surface area contributed by atoms with E-state index in [9.17, 15) is 0 Å². The van der Waals surface area contributed by atoms with E-state index in [-0.39, 0.29) is 0 Å². The molecule has 20 heavy (non-hydrogen) atoms. The van der Waals surface area contributed by atoms with Gasteiger partial charge in [-0.05, 0) is 26.9 Å². The summed E-state index contributed by atoms with van der Waals surface area (Å²) in [5, 5.41) is 3.30. The normalized spacial score (nSPS) is 11.2. The quantitative estimate of drug-likeness (QED) is 0.705. The highest BCUT2D eigenvalue weighted by Gasteiger charge is 2.08. The summed E-state index contributed by atoms with van der Waals surface area (Å²) in [5.74, 6) is 2.64. The Morgan fingerprint density at radius 2 is 2.05 bits per heavy atom. The molecule has 5 nitrogen and oxygen atoms in total. The van der Waals surface area contributed by atoms with E-state index in [1.807, 2.05) is 6.07 Å². The molecule has 1 aromatic heterocycles. The Morgan fingerprint density at radius 3 is 2.65 bits per heavy atom. The molecule has 0 aliphatic heterocycles. The lowest BCUT2D eigenvalue weighted by Crippen LogP contribution is -2.16. The number of rotatable bonds is 9. The first-order valence-corrected chi connectivity index (χ1v) is 7.43. The molecule has 0 atom stereocenters. The minimum absolute atomic E-state index is 0.294. The van der Waals surface area contributed by atoms with Crippen molar-refractivity contribution in [1.29, 1.82) is 0 Å². The van der Waals surface area contributed by atoms with E-state index in [1.165, 1.54) is 0 Å². The maximum atomic E-state index is 5.75. The number of nitrogens with zero attached hydrogens (tertiary/aromatic N) is 3. The molecule has 0 saturated carbocycles. The summed E-state index contributed by atoms with van der Waals surface area (Å²) in [6.07, 6.45) is 2.06. The van der Waals surface area contributed by atoms with E-state index in [0.717, 1.165) is 37.6 Å². The maximum Gasteiger partial charge on any atom is 0.218 e. The van der Waals surface area contributed by atoms with Crippen molar-refractivity contribution in [3.63, 3.8) is 0 Å². The molecular weight excluding hydrogens is 252 g/mol. The van der Waals surface area contributed by atoms with Crippen LogP contribution >= 0.6 is 0 Å². The van der Waals surface area contributed by atoms with Gasteiger partial charge in [0.1, 0.15) is 11.6 Å². The minimum Gasteiger partial charge on any atom is -0.477 e. The number of hydrogen-bond donors (Lipinski definition) is 1. The smallest absolute Gasteiger partial charge is 0.218 e. The third kappa shape index (κ3) is 6.19. The van der Waals surface area contributed by atoms with Crippen molar-refractivity contribution in [2.24, 2.45) is 0 Å². The SMILES string of the molecule is CCCNc1cc(OCCCN(C)C)nc(C(C)C)n1. The molecule has 0 unspecified atom stereocenters. The molecule has 0 spiro atoms. The van der Waals surface area contributed by atoms with Crippen molar-refractivity contribution >= 4 is 5.82 Å². The second kappa shape index (κ2) is 8.74. The lowest BCUT2D eigenvalue weighted by molar-refractivity contribution is 0.272. The van der Waals surface area contributed by atoms with E-state index in [1.54, 1.807) is 0 Å². The average Bonchev–Trinajstić information content (AvgIpc) is 2.41. The number of nitrogens with one attached hydrogen (secondary N) is 1. The molecule has 0 bridgehead atoms. The summed E-state index contributed by atoms with van der Waals surface area (Å²) in [7, 11) is 4.13. The Labute approximate surface area is 122 Å². The highest BCUT2D eigenvalue weighted by Crippen LogP contribution is 2.18. The monoisotopic (exact) mass is 280 g/mol. The van der Waals surface area contributed by atoms with Crippen LogP contribution in [0.1, 0.15) is 45.4 Å². The molecule has 0 aliphatic rings. The van der Waals surface area contributed by atoms with Crippen molar-refractivity contribution < 1.29 is 4.74 Å². The largest absolute Gasteiger partial charge is 0.477 e. The fourth-order valence-electron chi connectivity index (χ4n) is 1.68. The number of hydrogen-bond acceptors (Lipinski definition) is 5. The van der Waals surface area contributed by atoms with Crippen LogP contribution in [-0.2, 0) is 0 Å². The van der Waals surface area contributed by atoms with Gasteiger partial charge in [-0.1, -0.05) is 20.8 Å². The standard InChI is InChI=1S/C15H28N4O/c1-6-8-16-13-11-14(18-15(17-13)12(2)3)20-10-7-9-19(4)5/h11-12H,6-10H2,1-5H3,(H,16,17,18). The van der Waals surface area contributed by atoms with Crippen molar-refractivity contribution in [2.45, 2.75) is 39.5 Å². The molecule has 5 heteroatoms. The van der Waals surface area contributed by atoms with Crippen LogP contribution in [0, 0.1) is 0 Å². The van der Waals surface area contributed by atoms with Crippen LogP contribution in [0.3, 0.4) is 0 Å². The number of aromatic nitrogens is 2. The van der Waals surface area contributed by atoms with Crippen molar-refractivity contribution in [2.75, 3.05) is 39.1 Å². The Hall–Kier alpha value is -1.36. The van der Waals surface area contributed by atoms with Crippen LogP contribution in [0.2, 0.25) is 0 Å². The second-order valence-corrected chi connectivity index (χ2v) is 5.54. The molecule has 1 aromatic rings. The third-order valence-corrected chi connectivity index (χ3v) is 2.79. The first kappa shape index (κ1) is 16.7. The minimum atomic E-state index is 0.294. The fraction of sp³-hybridized carbons (Fsp3) is 0.733. The van der Waals surface area contributed by atoms with Gasteiger partial charge in [0.2, 0.25) is 5.88 Å². The van der Waals surface area contributed by atoms with E-state index in [0.29, 0.717) is 18.4 Å². The topological polar surface area (TPSA) is 50.3 Å². The highest BCUT2D eigenvalue weighted by atomic mass is 16.5. The van der Waals surface area contributed by atoms with E-state index >= 15 is 0 Å². The summed E-state index contributed by atoms with van der Waals surface area (Å²) in [5.41, 5.74) is 0. The van der Waals surface area contributed by atoms with Crippen LogP contribution < -0.4 is 10.1 Å². The van der Waals surface area contributed by atoms with Gasteiger partial charge in [-0.25, -0.2) is 4.98 Å². The Kier molecular flexibility index (Phi) is 7.30. The van der Waals surface area contributed by atoms with E-state index in [4.69, 9.17) is 4.74 Å². The third-order valence-electron chi connectivity index (χ3n) is 2.79. The molecule has 1 rings (SSSR count). The summed E-state index contributed by atoms with van der Waals surface area (Å²) in [6, 6.07) is 1.89.